The summed E-state index contributed by atoms with van der Waals surface area (Å²) in [5, 5.41) is 0.999. The minimum atomic E-state index is -0.388. The lowest BCUT2D eigenvalue weighted by atomic mass is 10.2. The van der Waals surface area contributed by atoms with Crippen LogP contribution in [0.4, 0.5) is 11.8 Å². The number of aromatic nitrogens is 4. The topological polar surface area (TPSA) is 93.6 Å². The molecule has 158 valence electrons. The number of nitrogens with zero attached hydrogens (tertiary/aromatic N) is 6. The van der Waals surface area contributed by atoms with Gasteiger partial charge >= 0.3 is 5.97 Å². The first kappa shape index (κ1) is 20.7. The number of esters is 1. The number of ether oxygens (including phenoxy) is 2. The summed E-state index contributed by atoms with van der Waals surface area (Å²) < 4.78 is 10.2. The van der Waals surface area contributed by atoms with E-state index in [1.807, 2.05) is 6.92 Å². The highest BCUT2D eigenvalue weighted by Crippen LogP contribution is 2.37. The van der Waals surface area contributed by atoms with Crippen molar-refractivity contribution in [2.45, 2.75) is 6.92 Å². The van der Waals surface area contributed by atoms with Crippen LogP contribution >= 0.6 is 22.9 Å². The van der Waals surface area contributed by atoms with Gasteiger partial charge in [-0.15, -0.1) is 11.3 Å². The smallest absolute Gasteiger partial charge is 0.348 e. The molecular weight excluding hydrogens is 428 g/mol. The average molecular weight is 449 g/mol. The molecule has 4 heterocycles. The largest absolute Gasteiger partial charge is 0.459 e. The van der Waals surface area contributed by atoms with Crippen LogP contribution in [0.3, 0.4) is 0 Å². The minimum Gasteiger partial charge on any atom is -0.459 e. The van der Waals surface area contributed by atoms with Crippen molar-refractivity contribution in [3.63, 3.8) is 0 Å². The lowest BCUT2D eigenvalue weighted by molar-refractivity contribution is 0.0393. The van der Waals surface area contributed by atoms with E-state index >= 15 is 0 Å². The van der Waals surface area contributed by atoms with Crippen LogP contribution in [0.1, 0.15) is 15.2 Å². The van der Waals surface area contributed by atoms with Gasteiger partial charge in [0.25, 0.3) is 0 Å². The predicted octanol–water partition coefficient (Wildman–Crippen LogP) is 2.57. The Morgan fingerprint density at radius 1 is 1.13 bits per heavy atom. The number of halogens is 1. The molecule has 9 nitrogen and oxygen atoms in total. The van der Waals surface area contributed by atoms with Crippen LogP contribution in [0.25, 0.3) is 10.2 Å². The molecule has 0 aromatic carbocycles. The van der Waals surface area contributed by atoms with Gasteiger partial charge in [-0.05, 0) is 30.2 Å². The van der Waals surface area contributed by atoms with Crippen LogP contribution < -0.4 is 9.80 Å². The van der Waals surface area contributed by atoms with Crippen LogP contribution in [0.15, 0.2) is 18.5 Å². The van der Waals surface area contributed by atoms with Gasteiger partial charge in [0.1, 0.15) is 22.1 Å². The Labute approximate surface area is 182 Å². The van der Waals surface area contributed by atoms with Crippen molar-refractivity contribution >= 4 is 50.9 Å². The standard InChI is InChI=1S/C19H21ClN6O3S/c1-12-13-15(25-6-8-26(9-7-25)19-21-4-3-5-22-19)23-18(20)24-16(13)30-14(12)17(27)29-11-10-28-2/h3-5H,6-11H2,1-2H3. The minimum absolute atomic E-state index is 0.159. The third kappa shape index (κ3) is 4.16. The third-order valence-electron chi connectivity index (χ3n) is 4.86. The molecule has 0 atom stereocenters. The molecule has 0 N–H and O–H groups in total. The number of anilines is 2. The first-order valence-corrected chi connectivity index (χ1v) is 10.7. The van der Waals surface area contributed by atoms with E-state index in [0.717, 1.165) is 48.9 Å². The second-order valence-corrected chi connectivity index (χ2v) is 8.04. The number of fused-ring (bicyclic) bond motifs is 1. The number of carbonyl (C=O) groups is 1. The van der Waals surface area contributed by atoms with Gasteiger partial charge in [-0.2, -0.15) is 4.98 Å². The highest BCUT2D eigenvalue weighted by atomic mass is 35.5. The summed E-state index contributed by atoms with van der Waals surface area (Å²) in [6.07, 6.45) is 3.48. The van der Waals surface area contributed by atoms with E-state index in [0.29, 0.717) is 16.3 Å². The second kappa shape index (κ2) is 9.07. The van der Waals surface area contributed by atoms with E-state index < -0.39 is 0 Å². The molecule has 4 rings (SSSR count). The van der Waals surface area contributed by atoms with Crippen molar-refractivity contribution < 1.29 is 14.3 Å². The molecule has 1 fully saturated rings. The fourth-order valence-electron chi connectivity index (χ4n) is 3.37. The molecule has 1 aliphatic heterocycles. The molecule has 3 aromatic heterocycles. The summed E-state index contributed by atoms with van der Waals surface area (Å²) in [5.41, 5.74) is 0.804. The number of piperazine rings is 1. The normalized spacial score (nSPS) is 14.4. The maximum atomic E-state index is 12.5. The van der Waals surface area contributed by atoms with Gasteiger partial charge < -0.3 is 19.3 Å². The van der Waals surface area contributed by atoms with Crippen molar-refractivity contribution in [3.05, 3.63) is 34.2 Å². The number of aryl methyl sites for hydroxylation is 1. The Bertz CT molecular complexity index is 1040. The molecule has 1 aliphatic rings. The van der Waals surface area contributed by atoms with Gasteiger partial charge in [0.05, 0.1) is 12.0 Å². The maximum Gasteiger partial charge on any atom is 0.348 e. The van der Waals surface area contributed by atoms with E-state index in [9.17, 15) is 4.79 Å². The second-order valence-electron chi connectivity index (χ2n) is 6.70. The third-order valence-corrected chi connectivity index (χ3v) is 6.20. The molecule has 0 aliphatic carbocycles. The Hall–Kier alpha value is -2.56. The Balaban J connectivity index is 1.59. The molecule has 30 heavy (non-hydrogen) atoms. The fraction of sp³-hybridized carbons (Fsp3) is 0.421. The molecular formula is C19H21ClN6O3S. The summed E-state index contributed by atoms with van der Waals surface area (Å²) in [7, 11) is 1.56. The number of rotatable bonds is 6. The quantitative estimate of drug-likeness (QED) is 0.320. The summed E-state index contributed by atoms with van der Waals surface area (Å²) >= 11 is 7.48. The average Bonchev–Trinajstić information content (AvgIpc) is 3.10. The van der Waals surface area contributed by atoms with Gasteiger partial charge in [0.15, 0.2) is 0 Å². The Kier molecular flexibility index (Phi) is 6.26. The lowest BCUT2D eigenvalue weighted by Crippen LogP contribution is -2.47. The lowest BCUT2D eigenvalue weighted by Gasteiger charge is -2.35. The van der Waals surface area contributed by atoms with E-state index in [1.54, 1.807) is 25.6 Å². The van der Waals surface area contributed by atoms with Crippen molar-refractivity contribution in [1.29, 1.82) is 0 Å². The molecule has 0 saturated carbocycles. The monoisotopic (exact) mass is 448 g/mol. The van der Waals surface area contributed by atoms with Crippen LogP contribution in [0.5, 0.6) is 0 Å². The van der Waals surface area contributed by atoms with Gasteiger partial charge in [-0.3, -0.25) is 0 Å². The molecule has 3 aromatic rings. The number of thiophene rings is 1. The predicted molar refractivity (Wildman–Crippen MR) is 116 cm³/mol. The summed E-state index contributed by atoms with van der Waals surface area (Å²) in [5.74, 6) is 1.07. The maximum absolute atomic E-state index is 12.5. The molecule has 0 unspecified atom stereocenters. The molecule has 0 spiro atoms. The fourth-order valence-corrected chi connectivity index (χ4v) is 4.66. The van der Waals surface area contributed by atoms with E-state index in [4.69, 9.17) is 21.1 Å². The highest BCUT2D eigenvalue weighted by molar-refractivity contribution is 7.20. The van der Waals surface area contributed by atoms with Crippen molar-refractivity contribution in [2.75, 3.05) is 56.3 Å². The molecule has 0 amide bonds. The number of methoxy groups -OCH3 is 1. The van der Waals surface area contributed by atoms with Crippen LogP contribution in [-0.4, -0.2) is 72.4 Å². The summed E-state index contributed by atoms with van der Waals surface area (Å²) in [6.45, 7) is 5.39. The van der Waals surface area contributed by atoms with Crippen molar-refractivity contribution in [2.24, 2.45) is 0 Å². The summed E-state index contributed by atoms with van der Waals surface area (Å²) in [6, 6.07) is 1.80. The Morgan fingerprint density at radius 3 is 2.53 bits per heavy atom. The van der Waals surface area contributed by atoms with Gasteiger partial charge in [-0.1, -0.05) is 0 Å². The van der Waals surface area contributed by atoms with E-state index in [-0.39, 0.29) is 17.9 Å². The zero-order chi connectivity index (χ0) is 21.1. The molecule has 11 heteroatoms. The number of carbonyl (C=O) groups excluding carboxylic acids is 1. The van der Waals surface area contributed by atoms with Crippen LogP contribution in [0, 0.1) is 6.92 Å². The first-order chi connectivity index (χ1) is 14.6. The summed E-state index contributed by atoms with van der Waals surface area (Å²) in [4.78, 5) is 35.5. The molecule has 0 radical (unpaired) electrons. The van der Waals surface area contributed by atoms with Gasteiger partial charge in [0, 0.05) is 45.7 Å². The van der Waals surface area contributed by atoms with E-state index in [1.165, 1.54) is 11.3 Å². The van der Waals surface area contributed by atoms with Crippen molar-refractivity contribution in [3.8, 4) is 0 Å². The SMILES string of the molecule is COCCOC(=O)c1sc2nc(Cl)nc(N3CCN(c4ncccn4)CC3)c2c1C. The number of hydrogen-bond donors (Lipinski definition) is 0. The van der Waals surface area contributed by atoms with Crippen molar-refractivity contribution in [1.82, 2.24) is 19.9 Å². The zero-order valence-corrected chi connectivity index (χ0v) is 18.2. The first-order valence-electron chi connectivity index (χ1n) is 9.48. The van der Waals surface area contributed by atoms with Crippen LogP contribution in [-0.2, 0) is 9.47 Å². The Morgan fingerprint density at radius 2 is 1.83 bits per heavy atom. The molecule has 0 bridgehead atoms. The van der Waals surface area contributed by atoms with Gasteiger partial charge in [0.2, 0.25) is 11.2 Å². The van der Waals surface area contributed by atoms with Gasteiger partial charge in [-0.25, -0.2) is 19.7 Å². The van der Waals surface area contributed by atoms with Crippen LogP contribution in [0.2, 0.25) is 5.28 Å². The highest BCUT2D eigenvalue weighted by Gasteiger charge is 2.26. The number of hydrogen-bond acceptors (Lipinski definition) is 10. The van der Waals surface area contributed by atoms with E-state index in [2.05, 4.69) is 29.7 Å². The molecule has 1 saturated heterocycles. The zero-order valence-electron chi connectivity index (χ0n) is 16.7.